The first kappa shape index (κ1) is 14.0. The fourth-order valence-corrected chi connectivity index (χ4v) is 3.26. The van der Waals surface area contributed by atoms with E-state index in [-0.39, 0.29) is 22.3 Å². The highest BCUT2D eigenvalue weighted by Crippen LogP contribution is 2.25. The van der Waals surface area contributed by atoms with Crippen LogP contribution in [0.5, 0.6) is 0 Å². The van der Waals surface area contributed by atoms with Crippen LogP contribution in [0.25, 0.3) is 0 Å². The van der Waals surface area contributed by atoms with Gasteiger partial charge in [0.15, 0.2) is 0 Å². The third kappa shape index (κ3) is 3.12. The van der Waals surface area contributed by atoms with Gasteiger partial charge in [0.05, 0.1) is 10.0 Å². The Bertz CT molecular complexity index is 453. The van der Waals surface area contributed by atoms with Crippen molar-refractivity contribution >= 4 is 37.8 Å². The second kappa shape index (κ2) is 6.15. The van der Waals surface area contributed by atoms with Crippen LogP contribution in [0, 0.1) is 5.82 Å². The summed E-state index contributed by atoms with van der Waals surface area (Å²) in [5.74, 6) is -0.845. The Morgan fingerprint density at radius 1 is 1.33 bits per heavy atom. The van der Waals surface area contributed by atoms with Crippen LogP contribution in [-0.4, -0.2) is 16.8 Å². The van der Waals surface area contributed by atoms with Gasteiger partial charge in [0.1, 0.15) is 5.82 Å². The molecule has 2 unspecified atom stereocenters. The minimum atomic E-state index is -0.503. The Kier molecular flexibility index (Phi) is 4.78. The highest BCUT2D eigenvalue weighted by Gasteiger charge is 2.25. The maximum Gasteiger partial charge on any atom is 0.254 e. The number of hydrogen-bond donors (Lipinski definition) is 1. The fraction of sp³-hybridized carbons (Fsp3) is 0.462. The van der Waals surface area contributed by atoms with Gasteiger partial charge in [-0.15, -0.1) is 0 Å². The van der Waals surface area contributed by atoms with Crippen LogP contribution < -0.4 is 5.32 Å². The molecule has 1 aromatic carbocycles. The summed E-state index contributed by atoms with van der Waals surface area (Å²) in [4.78, 5) is 12.3. The molecule has 2 nitrogen and oxygen atoms in total. The number of carbonyl (C=O) groups is 1. The Hall–Kier alpha value is -0.420. The minimum Gasteiger partial charge on any atom is -0.348 e. The zero-order valence-corrected chi connectivity index (χ0v) is 12.9. The van der Waals surface area contributed by atoms with Crippen molar-refractivity contribution in [2.45, 2.75) is 36.6 Å². The van der Waals surface area contributed by atoms with E-state index in [9.17, 15) is 9.18 Å². The quantitative estimate of drug-likeness (QED) is 0.773. The minimum absolute atomic E-state index is 0.0876. The summed E-state index contributed by atoms with van der Waals surface area (Å²) < 4.78 is 14.1. The summed E-state index contributed by atoms with van der Waals surface area (Å²) in [6, 6.07) is 4.83. The summed E-state index contributed by atoms with van der Waals surface area (Å²) >= 11 is 6.66. The first-order valence-corrected chi connectivity index (χ1v) is 7.69. The van der Waals surface area contributed by atoms with Gasteiger partial charge < -0.3 is 5.32 Å². The predicted molar refractivity (Wildman–Crippen MR) is 76.5 cm³/mol. The lowest BCUT2D eigenvalue weighted by atomic mass is 9.95. The van der Waals surface area contributed by atoms with Crippen molar-refractivity contribution in [1.82, 2.24) is 5.32 Å². The van der Waals surface area contributed by atoms with Crippen LogP contribution in [0.4, 0.5) is 4.39 Å². The summed E-state index contributed by atoms with van der Waals surface area (Å²) in [5, 5.41) is 2.91. The number of nitrogens with one attached hydrogen (secondary N) is 1. The predicted octanol–water partition coefficient (Wildman–Crippen LogP) is 4.02. The second-order valence-electron chi connectivity index (χ2n) is 4.48. The van der Waals surface area contributed by atoms with Gasteiger partial charge in [-0.3, -0.25) is 4.79 Å². The first-order valence-electron chi connectivity index (χ1n) is 5.98. The van der Waals surface area contributed by atoms with Gasteiger partial charge in [0, 0.05) is 10.9 Å². The van der Waals surface area contributed by atoms with Gasteiger partial charge in [0.25, 0.3) is 5.91 Å². The van der Waals surface area contributed by atoms with E-state index in [2.05, 4.69) is 37.2 Å². The van der Waals surface area contributed by atoms with E-state index in [0.717, 1.165) is 19.3 Å². The normalized spacial score (nSPS) is 23.7. The molecule has 1 N–H and O–H groups in total. The van der Waals surface area contributed by atoms with Crippen molar-refractivity contribution in [3.8, 4) is 0 Å². The van der Waals surface area contributed by atoms with Crippen molar-refractivity contribution in [3.63, 3.8) is 0 Å². The average Bonchev–Trinajstić information content (AvgIpc) is 2.35. The third-order valence-electron chi connectivity index (χ3n) is 3.19. The molecule has 5 heteroatoms. The molecule has 18 heavy (non-hydrogen) atoms. The van der Waals surface area contributed by atoms with Crippen LogP contribution >= 0.6 is 31.9 Å². The number of hydrogen-bond acceptors (Lipinski definition) is 1. The van der Waals surface area contributed by atoms with E-state index < -0.39 is 5.82 Å². The lowest BCUT2D eigenvalue weighted by molar-refractivity contribution is 0.0925. The molecule has 0 spiro atoms. The number of carbonyl (C=O) groups excluding carboxylic acids is 1. The molecule has 0 radical (unpaired) electrons. The molecule has 1 saturated carbocycles. The van der Waals surface area contributed by atoms with E-state index in [1.165, 1.54) is 12.5 Å². The molecule has 1 aromatic rings. The molecule has 0 saturated heterocycles. The van der Waals surface area contributed by atoms with Gasteiger partial charge in [-0.25, -0.2) is 4.39 Å². The number of alkyl halides is 1. The van der Waals surface area contributed by atoms with Gasteiger partial charge in [-0.05, 0) is 40.9 Å². The summed E-state index contributed by atoms with van der Waals surface area (Å²) in [5.41, 5.74) is 0.0923. The molecular weight excluding hydrogens is 365 g/mol. The lowest BCUT2D eigenvalue weighted by Crippen LogP contribution is -2.42. The summed E-state index contributed by atoms with van der Waals surface area (Å²) in [6.45, 7) is 0. The molecule has 1 aliphatic rings. The van der Waals surface area contributed by atoms with Crippen LogP contribution in [-0.2, 0) is 0 Å². The van der Waals surface area contributed by atoms with Gasteiger partial charge in [-0.2, -0.15) is 0 Å². The van der Waals surface area contributed by atoms with Crippen molar-refractivity contribution in [1.29, 1.82) is 0 Å². The summed E-state index contributed by atoms with van der Waals surface area (Å²) in [6.07, 6.45) is 4.27. The Morgan fingerprint density at radius 2 is 2.06 bits per heavy atom. The van der Waals surface area contributed by atoms with E-state index in [0.29, 0.717) is 4.47 Å². The van der Waals surface area contributed by atoms with E-state index in [1.807, 2.05) is 0 Å². The maximum absolute atomic E-state index is 13.8. The summed E-state index contributed by atoms with van der Waals surface area (Å²) in [7, 11) is 0. The highest BCUT2D eigenvalue weighted by molar-refractivity contribution is 9.10. The average molecular weight is 379 g/mol. The van der Waals surface area contributed by atoms with Gasteiger partial charge >= 0.3 is 0 Å². The molecule has 0 bridgehead atoms. The number of amides is 1. The van der Waals surface area contributed by atoms with E-state index in [4.69, 9.17) is 0 Å². The first-order chi connectivity index (χ1) is 8.59. The smallest absolute Gasteiger partial charge is 0.254 e. The van der Waals surface area contributed by atoms with E-state index in [1.54, 1.807) is 12.1 Å². The lowest BCUT2D eigenvalue weighted by Gasteiger charge is -2.28. The van der Waals surface area contributed by atoms with Crippen LogP contribution in [0.15, 0.2) is 22.7 Å². The Balaban J connectivity index is 2.09. The topological polar surface area (TPSA) is 29.1 Å². The van der Waals surface area contributed by atoms with Crippen molar-refractivity contribution in [2.24, 2.45) is 0 Å². The Labute approximate surface area is 123 Å². The molecule has 1 aliphatic carbocycles. The largest absolute Gasteiger partial charge is 0.348 e. The molecule has 2 rings (SSSR count). The van der Waals surface area contributed by atoms with Crippen LogP contribution in [0.1, 0.15) is 36.0 Å². The van der Waals surface area contributed by atoms with E-state index >= 15 is 0 Å². The molecule has 1 amide bonds. The number of rotatable bonds is 2. The standard InChI is InChI=1S/C13H14Br2FNO/c14-9-5-1-2-7-11(9)17-13(18)8-4-3-6-10(15)12(8)16/h3-4,6,9,11H,1-2,5,7H2,(H,17,18). The molecule has 0 aliphatic heterocycles. The molecule has 98 valence electrons. The van der Waals surface area contributed by atoms with Crippen LogP contribution in [0.3, 0.4) is 0 Å². The van der Waals surface area contributed by atoms with Crippen molar-refractivity contribution in [2.75, 3.05) is 0 Å². The number of halogens is 3. The number of benzene rings is 1. The third-order valence-corrected chi connectivity index (χ3v) is 4.90. The molecule has 0 heterocycles. The van der Waals surface area contributed by atoms with Crippen molar-refractivity contribution < 1.29 is 9.18 Å². The molecule has 2 atom stereocenters. The zero-order valence-electron chi connectivity index (χ0n) is 9.76. The van der Waals surface area contributed by atoms with Gasteiger partial charge in [0.2, 0.25) is 0 Å². The monoisotopic (exact) mass is 377 g/mol. The van der Waals surface area contributed by atoms with Crippen LogP contribution in [0.2, 0.25) is 0 Å². The SMILES string of the molecule is O=C(NC1CCCCC1Br)c1cccc(Br)c1F. The fourth-order valence-electron chi connectivity index (χ4n) is 2.17. The molecule has 0 aromatic heterocycles. The molecule has 1 fully saturated rings. The Morgan fingerprint density at radius 3 is 2.78 bits per heavy atom. The molecular formula is C13H14Br2FNO. The highest BCUT2D eigenvalue weighted by atomic mass is 79.9. The van der Waals surface area contributed by atoms with Crippen molar-refractivity contribution in [3.05, 3.63) is 34.1 Å². The van der Waals surface area contributed by atoms with Gasteiger partial charge in [-0.1, -0.05) is 34.8 Å². The second-order valence-corrected chi connectivity index (χ2v) is 6.51. The zero-order chi connectivity index (χ0) is 13.1. The maximum atomic E-state index is 13.8.